The van der Waals surface area contributed by atoms with E-state index in [0.29, 0.717) is 11.2 Å². The van der Waals surface area contributed by atoms with Crippen LogP contribution >= 0.6 is 12.2 Å². The monoisotopic (exact) mass is 210 g/mol. The van der Waals surface area contributed by atoms with Gasteiger partial charge in [0.05, 0.1) is 0 Å². The van der Waals surface area contributed by atoms with Gasteiger partial charge >= 0.3 is 0 Å². The molecule has 0 aromatic carbocycles. The number of thiocarbonyl (C=S) groups is 1. The minimum atomic E-state index is 0. The van der Waals surface area contributed by atoms with Crippen LogP contribution in [0, 0.1) is 0 Å². The first kappa shape index (κ1) is 14.7. The topological polar surface area (TPSA) is 39.7 Å². The lowest BCUT2D eigenvalue weighted by Crippen LogP contribution is -3.00. The average molecular weight is 211 g/mol. The highest BCUT2D eigenvalue weighted by Gasteiger charge is 2.01. The predicted octanol–water partition coefficient (Wildman–Crippen LogP) is -1.92. The maximum absolute atomic E-state index is 4.83. The van der Waals surface area contributed by atoms with Crippen LogP contribution in [0.3, 0.4) is 0 Å². The SMILES string of the molecule is CCCCCC(C)NC([NH3+])=S.[Cl-]. The van der Waals surface area contributed by atoms with E-state index in [1.807, 2.05) is 0 Å². The molecule has 4 heteroatoms. The predicted molar refractivity (Wildman–Crippen MR) is 52.2 cm³/mol. The van der Waals surface area contributed by atoms with Crippen molar-refractivity contribution in [2.75, 3.05) is 0 Å². The van der Waals surface area contributed by atoms with Crippen molar-refractivity contribution in [3.8, 4) is 0 Å². The fourth-order valence-corrected chi connectivity index (χ4v) is 1.25. The molecule has 0 aliphatic carbocycles. The number of halogens is 1. The van der Waals surface area contributed by atoms with Crippen molar-refractivity contribution in [1.82, 2.24) is 5.32 Å². The smallest absolute Gasteiger partial charge is 0.265 e. The molecule has 0 spiro atoms. The third kappa shape index (κ3) is 10.1. The van der Waals surface area contributed by atoms with Crippen molar-refractivity contribution in [2.45, 2.75) is 45.6 Å². The molecule has 0 radical (unpaired) electrons. The van der Waals surface area contributed by atoms with Crippen LogP contribution in [0.15, 0.2) is 0 Å². The summed E-state index contributed by atoms with van der Waals surface area (Å²) in [7, 11) is 0. The minimum absolute atomic E-state index is 0. The second kappa shape index (κ2) is 9.23. The van der Waals surface area contributed by atoms with E-state index in [0.717, 1.165) is 0 Å². The van der Waals surface area contributed by atoms with Gasteiger partial charge in [-0.25, -0.2) is 0 Å². The van der Waals surface area contributed by atoms with Gasteiger partial charge in [0, 0.05) is 18.3 Å². The van der Waals surface area contributed by atoms with Crippen molar-refractivity contribution in [1.29, 1.82) is 0 Å². The summed E-state index contributed by atoms with van der Waals surface area (Å²) in [6, 6.07) is 0.492. The van der Waals surface area contributed by atoms with Crippen LogP contribution in [-0.4, -0.2) is 11.2 Å². The molecular formula is C8H19ClN2S. The third-order valence-corrected chi connectivity index (χ3v) is 1.77. The molecule has 0 bridgehead atoms. The Morgan fingerprint density at radius 3 is 2.50 bits per heavy atom. The van der Waals surface area contributed by atoms with Crippen molar-refractivity contribution in [3.63, 3.8) is 0 Å². The molecule has 2 nitrogen and oxygen atoms in total. The van der Waals surface area contributed by atoms with Crippen LogP contribution in [0.1, 0.15) is 39.5 Å². The quantitative estimate of drug-likeness (QED) is 0.410. The molecule has 1 atom stereocenters. The van der Waals surface area contributed by atoms with Gasteiger partial charge in [-0.1, -0.05) is 26.2 Å². The summed E-state index contributed by atoms with van der Waals surface area (Å²) in [5.74, 6) is 0. The molecule has 0 saturated heterocycles. The van der Waals surface area contributed by atoms with Gasteiger partial charge in [0.25, 0.3) is 5.11 Å². The molecule has 0 saturated carbocycles. The van der Waals surface area contributed by atoms with E-state index in [1.165, 1.54) is 25.7 Å². The maximum Gasteiger partial charge on any atom is 0.265 e. The zero-order chi connectivity index (χ0) is 8.69. The molecule has 74 valence electrons. The van der Waals surface area contributed by atoms with Gasteiger partial charge in [-0.15, -0.1) is 0 Å². The first-order chi connectivity index (χ1) is 5.16. The zero-order valence-corrected chi connectivity index (χ0v) is 9.47. The summed E-state index contributed by atoms with van der Waals surface area (Å²) >= 11 is 4.83. The molecule has 0 amide bonds. The summed E-state index contributed by atoms with van der Waals surface area (Å²) in [4.78, 5) is 0. The van der Waals surface area contributed by atoms with Crippen molar-refractivity contribution >= 4 is 17.3 Å². The number of unbranched alkanes of at least 4 members (excludes halogenated alkanes) is 2. The van der Waals surface area contributed by atoms with Gasteiger partial charge in [0.2, 0.25) is 0 Å². The van der Waals surface area contributed by atoms with Crippen molar-refractivity contribution in [2.24, 2.45) is 0 Å². The molecule has 4 N–H and O–H groups in total. The highest BCUT2D eigenvalue weighted by Crippen LogP contribution is 2.01. The van der Waals surface area contributed by atoms with Crippen molar-refractivity contribution in [3.05, 3.63) is 0 Å². The maximum atomic E-state index is 4.83. The summed E-state index contributed by atoms with van der Waals surface area (Å²) < 4.78 is 0. The molecule has 1 unspecified atom stereocenters. The fraction of sp³-hybridized carbons (Fsp3) is 0.875. The highest BCUT2D eigenvalue weighted by atomic mass is 35.5. The Morgan fingerprint density at radius 1 is 1.50 bits per heavy atom. The van der Waals surface area contributed by atoms with Gasteiger partial charge in [-0.05, 0) is 13.3 Å². The summed E-state index contributed by atoms with van der Waals surface area (Å²) in [5.41, 5.74) is 3.63. The molecule has 0 aromatic heterocycles. The van der Waals surface area contributed by atoms with E-state index < -0.39 is 0 Å². The van der Waals surface area contributed by atoms with Crippen LogP contribution in [0.2, 0.25) is 0 Å². The Kier molecular flexibility index (Phi) is 11.3. The molecule has 0 aromatic rings. The van der Waals surface area contributed by atoms with E-state index in [2.05, 4.69) is 24.9 Å². The van der Waals surface area contributed by atoms with Crippen molar-refractivity contribution < 1.29 is 18.1 Å². The van der Waals surface area contributed by atoms with Crippen LogP contribution in [0.4, 0.5) is 0 Å². The number of rotatable bonds is 5. The summed E-state index contributed by atoms with van der Waals surface area (Å²) in [6.07, 6.45) is 5.08. The normalized spacial score (nSPS) is 11.6. The standard InChI is InChI=1S/C8H18N2S.ClH/c1-3-4-5-6-7(2)10-8(9)11;/h7H,3-6H2,1-2H3,(H3,9,10,11);1H. The average Bonchev–Trinajstić information content (AvgIpc) is 1.86. The van der Waals surface area contributed by atoms with E-state index in [-0.39, 0.29) is 12.4 Å². The van der Waals surface area contributed by atoms with Crippen LogP contribution in [0.5, 0.6) is 0 Å². The Labute approximate surface area is 86.7 Å². The van der Waals surface area contributed by atoms with Gasteiger partial charge in [-0.3, -0.25) is 0 Å². The summed E-state index contributed by atoms with van der Waals surface area (Å²) in [6.45, 7) is 4.36. The lowest BCUT2D eigenvalue weighted by molar-refractivity contribution is -0.215. The lowest BCUT2D eigenvalue weighted by atomic mass is 10.1. The molecule has 12 heavy (non-hydrogen) atoms. The van der Waals surface area contributed by atoms with E-state index in [4.69, 9.17) is 12.2 Å². The number of quaternary nitrogens is 1. The fourth-order valence-electron chi connectivity index (χ4n) is 1.05. The molecule has 0 aliphatic rings. The summed E-state index contributed by atoms with van der Waals surface area (Å²) in [5, 5.41) is 3.78. The number of hydrogen-bond donors (Lipinski definition) is 2. The first-order valence-electron chi connectivity index (χ1n) is 4.29. The van der Waals surface area contributed by atoms with Gasteiger partial charge in [0.15, 0.2) is 0 Å². The Hall–Kier alpha value is 0.140. The molecule has 0 fully saturated rings. The first-order valence-corrected chi connectivity index (χ1v) is 4.70. The zero-order valence-electron chi connectivity index (χ0n) is 7.90. The molecular weight excluding hydrogens is 192 g/mol. The lowest BCUT2D eigenvalue weighted by Gasteiger charge is -2.10. The largest absolute Gasteiger partial charge is 1.00 e. The number of nitrogens with one attached hydrogen (secondary N) is 1. The van der Waals surface area contributed by atoms with Crippen LogP contribution in [0.25, 0.3) is 0 Å². The van der Waals surface area contributed by atoms with Crippen LogP contribution < -0.4 is 23.5 Å². The van der Waals surface area contributed by atoms with Gasteiger partial charge in [-0.2, -0.15) is 0 Å². The Bertz CT molecular complexity index is 120. The number of hydrogen-bond acceptors (Lipinski definition) is 1. The van der Waals surface area contributed by atoms with E-state index >= 15 is 0 Å². The highest BCUT2D eigenvalue weighted by molar-refractivity contribution is 7.79. The molecule has 0 heterocycles. The third-order valence-electron chi connectivity index (χ3n) is 1.65. The second-order valence-electron chi connectivity index (χ2n) is 2.96. The Morgan fingerprint density at radius 2 is 2.08 bits per heavy atom. The Balaban J connectivity index is 0. The minimum Gasteiger partial charge on any atom is -1.00 e. The van der Waals surface area contributed by atoms with Gasteiger partial charge < -0.3 is 23.5 Å². The van der Waals surface area contributed by atoms with Crippen LogP contribution in [-0.2, 0) is 0 Å². The van der Waals surface area contributed by atoms with Gasteiger partial charge in [0.1, 0.15) is 0 Å². The van der Waals surface area contributed by atoms with E-state index in [9.17, 15) is 0 Å². The second-order valence-corrected chi connectivity index (χ2v) is 3.46. The van der Waals surface area contributed by atoms with E-state index in [1.54, 1.807) is 0 Å². The molecule has 0 rings (SSSR count). The molecule has 0 aliphatic heterocycles.